The number of anilines is 1. The molecule has 1 rings (SSSR count). The van der Waals surface area contributed by atoms with E-state index in [1.54, 1.807) is 6.07 Å². The van der Waals surface area contributed by atoms with E-state index in [9.17, 15) is 4.79 Å². The molecule has 66 valence electrons. The molecule has 0 aromatic carbocycles. The molecule has 0 saturated carbocycles. The van der Waals surface area contributed by atoms with Crippen molar-refractivity contribution in [1.82, 2.24) is 0 Å². The van der Waals surface area contributed by atoms with Gasteiger partial charge in [0.15, 0.2) is 0 Å². The maximum atomic E-state index is 10.9. The van der Waals surface area contributed by atoms with Gasteiger partial charge in [0, 0.05) is 11.9 Å². The summed E-state index contributed by atoms with van der Waals surface area (Å²) in [7, 11) is 0. The predicted octanol–water partition coefficient (Wildman–Crippen LogP) is 1.26. The maximum absolute atomic E-state index is 10.9. The number of nitrogens with one attached hydrogen (secondary N) is 1. The molecule has 0 atom stereocenters. The first-order valence-electron chi connectivity index (χ1n) is 3.49. The zero-order chi connectivity index (χ0) is 8.81. The van der Waals surface area contributed by atoms with Gasteiger partial charge in [-0.25, -0.2) is 4.79 Å². The lowest BCUT2D eigenvalue weighted by Crippen LogP contribution is -2.18. The van der Waals surface area contributed by atoms with E-state index in [1.807, 2.05) is 10.8 Å². The second-order valence-corrected chi connectivity index (χ2v) is 2.84. The highest BCUT2D eigenvalue weighted by atomic mass is 32.1. The number of thiophene rings is 1. The fourth-order valence-corrected chi connectivity index (χ4v) is 1.23. The van der Waals surface area contributed by atoms with Crippen LogP contribution in [0.1, 0.15) is 0 Å². The van der Waals surface area contributed by atoms with Gasteiger partial charge in [-0.3, -0.25) is 5.32 Å². The van der Waals surface area contributed by atoms with Crippen LogP contribution in [0.5, 0.6) is 0 Å². The number of carbonyl (C=O) groups excluding carboxylic acids is 1. The SMILES string of the molecule is NCCOC(=O)Nc1ccsc1. The normalized spacial score (nSPS) is 9.42. The highest BCUT2D eigenvalue weighted by Gasteiger charge is 2.00. The summed E-state index contributed by atoms with van der Waals surface area (Å²) >= 11 is 1.51. The quantitative estimate of drug-likeness (QED) is 0.746. The van der Waals surface area contributed by atoms with E-state index in [4.69, 9.17) is 10.5 Å². The highest BCUT2D eigenvalue weighted by Crippen LogP contribution is 2.11. The van der Waals surface area contributed by atoms with E-state index < -0.39 is 6.09 Å². The van der Waals surface area contributed by atoms with Crippen LogP contribution in [0.25, 0.3) is 0 Å². The predicted molar refractivity (Wildman–Crippen MR) is 48.3 cm³/mol. The van der Waals surface area contributed by atoms with Crippen molar-refractivity contribution in [2.24, 2.45) is 5.73 Å². The van der Waals surface area contributed by atoms with Crippen LogP contribution in [0.15, 0.2) is 16.8 Å². The van der Waals surface area contributed by atoms with Gasteiger partial charge in [-0.2, -0.15) is 11.3 Å². The number of hydrogen-bond acceptors (Lipinski definition) is 4. The summed E-state index contributed by atoms with van der Waals surface area (Å²) in [6.07, 6.45) is -0.459. The largest absolute Gasteiger partial charge is 0.448 e. The number of carbonyl (C=O) groups is 1. The van der Waals surface area contributed by atoms with Crippen LogP contribution in [-0.4, -0.2) is 19.2 Å². The Morgan fingerprint density at radius 1 is 1.75 bits per heavy atom. The standard InChI is InChI=1S/C7H10N2O2S/c8-2-3-11-7(10)9-6-1-4-12-5-6/h1,4-5H,2-3,8H2,(H,9,10). The molecule has 0 radical (unpaired) electrons. The molecule has 1 amide bonds. The van der Waals surface area contributed by atoms with Crippen molar-refractivity contribution in [3.05, 3.63) is 16.8 Å². The molecule has 0 aliphatic carbocycles. The van der Waals surface area contributed by atoms with E-state index in [-0.39, 0.29) is 6.61 Å². The molecule has 0 aliphatic rings. The molecular weight excluding hydrogens is 176 g/mol. The summed E-state index contributed by atoms with van der Waals surface area (Å²) in [4.78, 5) is 10.9. The van der Waals surface area contributed by atoms with Crippen molar-refractivity contribution in [1.29, 1.82) is 0 Å². The van der Waals surface area contributed by atoms with Crippen LogP contribution in [0, 0.1) is 0 Å². The average Bonchev–Trinajstić information content (AvgIpc) is 2.53. The van der Waals surface area contributed by atoms with Gasteiger partial charge in [0.1, 0.15) is 6.61 Å². The molecule has 3 N–H and O–H groups in total. The Bertz CT molecular complexity index is 236. The van der Waals surface area contributed by atoms with Crippen molar-refractivity contribution >= 4 is 23.1 Å². The Hall–Kier alpha value is -1.07. The minimum Gasteiger partial charge on any atom is -0.448 e. The van der Waals surface area contributed by atoms with Crippen LogP contribution >= 0.6 is 11.3 Å². The lowest BCUT2D eigenvalue weighted by Gasteiger charge is -2.02. The topological polar surface area (TPSA) is 64.3 Å². The number of hydrogen-bond donors (Lipinski definition) is 2. The van der Waals surface area contributed by atoms with Crippen molar-refractivity contribution in [2.45, 2.75) is 0 Å². The highest BCUT2D eigenvalue weighted by molar-refractivity contribution is 7.08. The van der Waals surface area contributed by atoms with Crippen LogP contribution in [0.2, 0.25) is 0 Å². The Labute approximate surface area is 74.3 Å². The molecular formula is C7H10N2O2S. The molecule has 0 fully saturated rings. The fraction of sp³-hybridized carbons (Fsp3) is 0.286. The third kappa shape index (κ3) is 2.89. The first-order chi connectivity index (χ1) is 5.83. The molecule has 0 bridgehead atoms. The second kappa shape index (κ2) is 4.74. The van der Waals surface area contributed by atoms with Crippen LogP contribution < -0.4 is 11.1 Å². The van der Waals surface area contributed by atoms with Crippen LogP contribution in [0.3, 0.4) is 0 Å². The lowest BCUT2D eigenvalue weighted by atomic mass is 10.5. The van der Waals surface area contributed by atoms with E-state index in [2.05, 4.69) is 5.32 Å². The van der Waals surface area contributed by atoms with Gasteiger partial charge in [0.25, 0.3) is 0 Å². The summed E-state index contributed by atoms with van der Waals surface area (Å²) in [5.74, 6) is 0. The first-order valence-corrected chi connectivity index (χ1v) is 4.43. The van der Waals surface area contributed by atoms with Crippen molar-refractivity contribution in [2.75, 3.05) is 18.5 Å². The smallest absolute Gasteiger partial charge is 0.411 e. The first kappa shape index (κ1) is 9.02. The fourth-order valence-electron chi connectivity index (χ4n) is 0.641. The van der Waals surface area contributed by atoms with Crippen molar-refractivity contribution in [3.63, 3.8) is 0 Å². The van der Waals surface area contributed by atoms with Gasteiger partial charge < -0.3 is 10.5 Å². The van der Waals surface area contributed by atoms with E-state index in [0.717, 1.165) is 5.69 Å². The van der Waals surface area contributed by atoms with Gasteiger partial charge in [-0.05, 0) is 11.4 Å². The Morgan fingerprint density at radius 3 is 3.17 bits per heavy atom. The molecule has 5 heteroatoms. The third-order valence-corrected chi connectivity index (χ3v) is 1.80. The Morgan fingerprint density at radius 2 is 2.58 bits per heavy atom. The monoisotopic (exact) mass is 186 g/mol. The van der Waals surface area contributed by atoms with E-state index >= 15 is 0 Å². The Balaban J connectivity index is 2.27. The van der Waals surface area contributed by atoms with E-state index in [1.165, 1.54) is 11.3 Å². The molecule has 12 heavy (non-hydrogen) atoms. The molecule has 4 nitrogen and oxygen atoms in total. The summed E-state index contributed by atoms with van der Waals surface area (Å²) in [6, 6.07) is 1.80. The molecule has 0 aliphatic heterocycles. The van der Waals surface area contributed by atoms with Gasteiger partial charge in [0.05, 0.1) is 5.69 Å². The third-order valence-electron chi connectivity index (χ3n) is 1.12. The summed E-state index contributed by atoms with van der Waals surface area (Å²) in [5.41, 5.74) is 5.90. The summed E-state index contributed by atoms with van der Waals surface area (Å²) in [6.45, 7) is 0.590. The molecule has 0 saturated heterocycles. The second-order valence-electron chi connectivity index (χ2n) is 2.06. The van der Waals surface area contributed by atoms with Gasteiger partial charge in [0.2, 0.25) is 0 Å². The van der Waals surface area contributed by atoms with Crippen molar-refractivity contribution < 1.29 is 9.53 Å². The van der Waals surface area contributed by atoms with Gasteiger partial charge in [-0.1, -0.05) is 0 Å². The number of ether oxygens (including phenoxy) is 1. The van der Waals surface area contributed by atoms with Gasteiger partial charge >= 0.3 is 6.09 Å². The van der Waals surface area contributed by atoms with Crippen LogP contribution in [0.4, 0.5) is 10.5 Å². The molecule has 1 aromatic heterocycles. The molecule has 1 aromatic rings. The molecule has 1 heterocycles. The average molecular weight is 186 g/mol. The Kier molecular flexibility index (Phi) is 3.56. The zero-order valence-electron chi connectivity index (χ0n) is 6.45. The minimum atomic E-state index is -0.459. The summed E-state index contributed by atoms with van der Waals surface area (Å²) in [5, 5.41) is 6.25. The maximum Gasteiger partial charge on any atom is 0.411 e. The number of nitrogens with two attached hydrogens (primary N) is 1. The van der Waals surface area contributed by atoms with Crippen molar-refractivity contribution in [3.8, 4) is 0 Å². The molecule has 0 unspecified atom stereocenters. The van der Waals surface area contributed by atoms with E-state index in [0.29, 0.717) is 6.54 Å². The zero-order valence-corrected chi connectivity index (χ0v) is 7.26. The summed E-state index contributed by atoms with van der Waals surface area (Å²) < 4.78 is 4.69. The minimum absolute atomic E-state index is 0.246. The lowest BCUT2D eigenvalue weighted by molar-refractivity contribution is 0.165. The van der Waals surface area contributed by atoms with Gasteiger partial charge in [-0.15, -0.1) is 0 Å². The van der Waals surface area contributed by atoms with Crippen LogP contribution in [-0.2, 0) is 4.74 Å². The molecule has 0 spiro atoms. The number of rotatable bonds is 3. The number of amides is 1.